The van der Waals surface area contributed by atoms with Gasteiger partial charge in [0.05, 0.1) is 11.4 Å². The van der Waals surface area contributed by atoms with E-state index in [0.717, 1.165) is 22.3 Å². The van der Waals surface area contributed by atoms with Gasteiger partial charge in [-0.2, -0.15) is 4.68 Å². The van der Waals surface area contributed by atoms with E-state index in [-0.39, 0.29) is 11.7 Å². The van der Waals surface area contributed by atoms with Gasteiger partial charge in [-0.1, -0.05) is 46.7 Å². The molecule has 3 aromatic rings. The van der Waals surface area contributed by atoms with E-state index in [4.69, 9.17) is 0 Å². The number of nitrogens with zero attached hydrogens (tertiary/aromatic N) is 4. The SMILES string of the molecule is CCc1cccc(NC(=O)CSc2nnnn2-c2ccc(Br)cc2)c1. The first-order valence-electron chi connectivity index (χ1n) is 7.71. The number of amides is 1. The Morgan fingerprint density at radius 2 is 2.04 bits per heavy atom. The monoisotopic (exact) mass is 417 g/mol. The molecule has 128 valence electrons. The van der Waals surface area contributed by atoms with E-state index in [1.165, 1.54) is 17.3 Å². The van der Waals surface area contributed by atoms with Crippen LogP contribution in [0.5, 0.6) is 0 Å². The summed E-state index contributed by atoms with van der Waals surface area (Å²) in [6.07, 6.45) is 0.931. The van der Waals surface area contributed by atoms with Crippen LogP contribution in [-0.4, -0.2) is 31.9 Å². The van der Waals surface area contributed by atoms with Crippen molar-refractivity contribution in [3.05, 3.63) is 58.6 Å². The van der Waals surface area contributed by atoms with Crippen molar-refractivity contribution in [1.82, 2.24) is 20.2 Å². The fraction of sp³-hybridized carbons (Fsp3) is 0.176. The third-order valence-corrected chi connectivity index (χ3v) is 4.91. The van der Waals surface area contributed by atoms with Crippen molar-refractivity contribution in [3.63, 3.8) is 0 Å². The number of nitrogens with one attached hydrogen (secondary N) is 1. The molecule has 0 saturated heterocycles. The molecule has 6 nitrogen and oxygen atoms in total. The summed E-state index contributed by atoms with van der Waals surface area (Å²) in [7, 11) is 0. The maximum atomic E-state index is 12.2. The van der Waals surface area contributed by atoms with Crippen LogP contribution in [0, 0.1) is 0 Å². The normalized spacial score (nSPS) is 10.6. The lowest BCUT2D eigenvalue weighted by molar-refractivity contribution is -0.113. The predicted molar refractivity (Wildman–Crippen MR) is 102 cm³/mol. The number of aryl methyl sites for hydroxylation is 1. The van der Waals surface area contributed by atoms with Gasteiger partial charge in [0.25, 0.3) is 0 Å². The van der Waals surface area contributed by atoms with Crippen LogP contribution in [0.4, 0.5) is 5.69 Å². The number of tetrazole rings is 1. The number of aromatic nitrogens is 4. The lowest BCUT2D eigenvalue weighted by atomic mass is 10.1. The van der Waals surface area contributed by atoms with Crippen LogP contribution >= 0.6 is 27.7 Å². The molecule has 0 bridgehead atoms. The lowest BCUT2D eigenvalue weighted by Gasteiger charge is -2.07. The molecule has 0 unspecified atom stereocenters. The van der Waals surface area contributed by atoms with Crippen LogP contribution in [-0.2, 0) is 11.2 Å². The standard InChI is InChI=1S/C17H16BrN5OS/c1-2-12-4-3-5-14(10-12)19-16(24)11-25-17-20-21-22-23(17)15-8-6-13(18)7-9-15/h3-10H,2,11H2,1H3,(H,19,24). The molecule has 0 aliphatic carbocycles. The van der Waals surface area contributed by atoms with E-state index < -0.39 is 0 Å². The molecule has 1 heterocycles. The average Bonchev–Trinajstić information content (AvgIpc) is 3.09. The Kier molecular flexibility index (Phi) is 5.83. The number of anilines is 1. The number of hydrogen-bond acceptors (Lipinski definition) is 5. The van der Waals surface area contributed by atoms with E-state index in [0.29, 0.717) is 5.16 Å². The minimum Gasteiger partial charge on any atom is -0.325 e. The molecular weight excluding hydrogens is 402 g/mol. The predicted octanol–water partition coefficient (Wildman–Crippen LogP) is 3.72. The van der Waals surface area contributed by atoms with Gasteiger partial charge in [0.15, 0.2) is 0 Å². The smallest absolute Gasteiger partial charge is 0.234 e. The van der Waals surface area contributed by atoms with Gasteiger partial charge in [-0.25, -0.2) is 0 Å². The Morgan fingerprint density at radius 1 is 1.24 bits per heavy atom. The number of rotatable bonds is 6. The molecule has 0 aliphatic rings. The minimum atomic E-state index is -0.0939. The molecule has 0 atom stereocenters. The second-order valence-corrected chi connectivity index (χ2v) is 7.10. The summed E-state index contributed by atoms with van der Waals surface area (Å²) < 4.78 is 2.59. The molecule has 0 fully saturated rings. The number of thioether (sulfide) groups is 1. The molecule has 0 radical (unpaired) electrons. The Labute approximate surface area is 158 Å². The first-order chi connectivity index (χ1) is 12.2. The summed E-state index contributed by atoms with van der Waals surface area (Å²) in [6.45, 7) is 2.08. The van der Waals surface area contributed by atoms with Gasteiger partial charge in [0, 0.05) is 10.2 Å². The quantitative estimate of drug-likeness (QED) is 0.618. The van der Waals surface area contributed by atoms with Crippen LogP contribution in [0.3, 0.4) is 0 Å². The largest absolute Gasteiger partial charge is 0.325 e. The van der Waals surface area contributed by atoms with Crippen molar-refractivity contribution in [2.24, 2.45) is 0 Å². The maximum absolute atomic E-state index is 12.2. The second kappa shape index (κ2) is 8.26. The van der Waals surface area contributed by atoms with Crippen molar-refractivity contribution >= 4 is 39.3 Å². The van der Waals surface area contributed by atoms with E-state index in [1.807, 2.05) is 48.5 Å². The highest BCUT2D eigenvalue weighted by Crippen LogP contribution is 2.20. The molecule has 8 heteroatoms. The van der Waals surface area contributed by atoms with Gasteiger partial charge in [-0.3, -0.25) is 4.79 Å². The lowest BCUT2D eigenvalue weighted by Crippen LogP contribution is -2.14. The summed E-state index contributed by atoms with van der Waals surface area (Å²) in [5.74, 6) is 0.136. The number of hydrogen-bond donors (Lipinski definition) is 1. The van der Waals surface area contributed by atoms with Crippen LogP contribution in [0.1, 0.15) is 12.5 Å². The fourth-order valence-corrected chi connectivity index (χ4v) is 3.16. The van der Waals surface area contributed by atoms with Crippen molar-refractivity contribution in [2.75, 3.05) is 11.1 Å². The van der Waals surface area contributed by atoms with Crippen LogP contribution < -0.4 is 5.32 Å². The number of benzene rings is 2. The van der Waals surface area contributed by atoms with Gasteiger partial charge < -0.3 is 5.32 Å². The molecule has 1 aromatic heterocycles. The van der Waals surface area contributed by atoms with E-state index in [9.17, 15) is 4.79 Å². The summed E-state index contributed by atoms with van der Waals surface area (Å²) in [5.41, 5.74) is 2.83. The third-order valence-electron chi connectivity index (χ3n) is 3.46. The van der Waals surface area contributed by atoms with Crippen molar-refractivity contribution < 1.29 is 4.79 Å². The molecule has 3 rings (SSSR count). The second-order valence-electron chi connectivity index (χ2n) is 5.24. The highest BCUT2D eigenvalue weighted by atomic mass is 79.9. The molecule has 25 heavy (non-hydrogen) atoms. The van der Waals surface area contributed by atoms with Crippen LogP contribution in [0.25, 0.3) is 5.69 Å². The summed E-state index contributed by atoms with van der Waals surface area (Å²) >= 11 is 4.69. The topological polar surface area (TPSA) is 72.7 Å². The van der Waals surface area contributed by atoms with Gasteiger partial charge >= 0.3 is 0 Å². The number of carbonyl (C=O) groups is 1. The van der Waals surface area contributed by atoms with Crippen molar-refractivity contribution in [2.45, 2.75) is 18.5 Å². The number of carbonyl (C=O) groups excluding carboxylic acids is 1. The molecule has 1 N–H and O–H groups in total. The zero-order valence-corrected chi connectivity index (χ0v) is 15.9. The number of halogens is 1. The third kappa shape index (κ3) is 4.67. The van der Waals surface area contributed by atoms with Crippen LogP contribution in [0.2, 0.25) is 0 Å². The Balaban J connectivity index is 1.63. The van der Waals surface area contributed by atoms with Crippen molar-refractivity contribution in [3.8, 4) is 5.69 Å². The molecule has 0 spiro atoms. The van der Waals surface area contributed by atoms with Crippen LogP contribution in [0.15, 0.2) is 58.2 Å². The molecular formula is C17H16BrN5OS. The summed E-state index contributed by atoms with van der Waals surface area (Å²) in [6, 6.07) is 15.5. The zero-order chi connectivity index (χ0) is 17.6. The summed E-state index contributed by atoms with van der Waals surface area (Å²) in [5, 5.41) is 15.2. The molecule has 0 saturated carbocycles. The Hall–Kier alpha value is -2.19. The average molecular weight is 418 g/mol. The highest BCUT2D eigenvalue weighted by molar-refractivity contribution is 9.10. The van der Waals surface area contributed by atoms with Gasteiger partial charge in [0.2, 0.25) is 11.1 Å². The molecule has 0 aliphatic heterocycles. The fourth-order valence-electron chi connectivity index (χ4n) is 2.21. The maximum Gasteiger partial charge on any atom is 0.234 e. The minimum absolute atomic E-state index is 0.0939. The van der Waals surface area contributed by atoms with E-state index in [1.54, 1.807) is 4.68 Å². The first-order valence-corrected chi connectivity index (χ1v) is 9.49. The van der Waals surface area contributed by atoms with Gasteiger partial charge in [0.1, 0.15) is 0 Å². The Morgan fingerprint density at radius 3 is 2.80 bits per heavy atom. The van der Waals surface area contributed by atoms with Gasteiger partial charge in [-0.05, 0) is 58.8 Å². The highest BCUT2D eigenvalue weighted by Gasteiger charge is 2.12. The first kappa shape index (κ1) is 17.6. The Bertz CT molecular complexity index is 865. The van der Waals surface area contributed by atoms with E-state index in [2.05, 4.69) is 43.7 Å². The zero-order valence-electron chi connectivity index (χ0n) is 13.5. The van der Waals surface area contributed by atoms with E-state index >= 15 is 0 Å². The van der Waals surface area contributed by atoms with Gasteiger partial charge in [-0.15, -0.1) is 5.10 Å². The molecule has 2 aromatic carbocycles. The summed E-state index contributed by atoms with van der Waals surface area (Å²) in [4.78, 5) is 12.2. The van der Waals surface area contributed by atoms with Crippen molar-refractivity contribution in [1.29, 1.82) is 0 Å². The molecule has 1 amide bonds.